The molecule has 0 fully saturated rings. The summed E-state index contributed by atoms with van der Waals surface area (Å²) in [5.74, 6) is -3.09. The molecule has 0 spiro atoms. The highest BCUT2D eigenvalue weighted by atomic mass is 32.2. The van der Waals surface area contributed by atoms with Gasteiger partial charge in [0.2, 0.25) is 0 Å². The van der Waals surface area contributed by atoms with Crippen molar-refractivity contribution >= 4 is 22.0 Å². The van der Waals surface area contributed by atoms with Crippen molar-refractivity contribution < 1.29 is 37.3 Å². The highest BCUT2D eigenvalue weighted by Gasteiger charge is 2.24. The molecule has 12 heteroatoms. The van der Waals surface area contributed by atoms with Crippen LogP contribution in [-0.4, -0.2) is 53.7 Å². The molecule has 0 atom stereocenters. The molecule has 0 unspecified atom stereocenters. The van der Waals surface area contributed by atoms with E-state index >= 15 is 0 Å². The summed E-state index contributed by atoms with van der Waals surface area (Å²) in [4.78, 5) is 23.0. The summed E-state index contributed by atoms with van der Waals surface area (Å²) in [6.45, 7) is 0.439. The van der Waals surface area contributed by atoms with E-state index in [4.69, 9.17) is 14.9 Å². The number of carboxylic acids is 2. The number of carbonyl (C=O) groups is 2. The fraction of sp³-hybridized carbons (Fsp3) is 0.136. The van der Waals surface area contributed by atoms with Gasteiger partial charge in [-0.25, -0.2) is 26.4 Å². The Balaban J connectivity index is 0.000000440. The molecule has 0 aliphatic rings. The van der Waals surface area contributed by atoms with E-state index in [1.165, 1.54) is 50.0 Å². The molecule has 0 aliphatic heterocycles. The lowest BCUT2D eigenvalue weighted by Crippen LogP contribution is -2.14. The van der Waals surface area contributed by atoms with Crippen LogP contribution < -0.4 is 10.1 Å². The van der Waals surface area contributed by atoms with E-state index in [2.05, 4.69) is 10.3 Å². The Morgan fingerprint density at radius 2 is 1.85 bits per heavy atom. The number of carboxylic acid groups (broad SMARTS) is 2. The Kier molecular flexibility index (Phi) is 9.04. The van der Waals surface area contributed by atoms with Gasteiger partial charge in [-0.15, -0.1) is 0 Å². The van der Waals surface area contributed by atoms with Crippen LogP contribution in [0.4, 0.5) is 4.39 Å². The normalized spacial score (nSPS) is 11.0. The Bertz CT molecular complexity index is 1270. The molecule has 180 valence electrons. The highest BCUT2D eigenvalue weighted by Crippen LogP contribution is 2.32. The maximum atomic E-state index is 14.8. The summed E-state index contributed by atoms with van der Waals surface area (Å²) in [5.41, 5.74) is 1.06. The number of pyridine rings is 1. The molecule has 0 radical (unpaired) electrons. The van der Waals surface area contributed by atoms with Gasteiger partial charge in [0.05, 0.1) is 12.8 Å². The average Bonchev–Trinajstić information content (AvgIpc) is 3.24. The number of methoxy groups -OCH3 is 1. The van der Waals surface area contributed by atoms with Crippen molar-refractivity contribution in [2.75, 3.05) is 14.2 Å². The SMILES string of the molecule is CNCc1cc(-c2cccc(OC)c2F)n(S(=O)(=O)c2cccnc2)c1.O=C(O)/C=C/C(=O)O. The van der Waals surface area contributed by atoms with Crippen LogP contribution in [0.25, 0.3) is 11.3 Å². The van der Waals surface area contributed by atoms with Gasteiger partial charge in [0.15, 0.2) is 11.6 Å². The smallest absolute Gasteiger partial charge is 0.328 e. The zero-order valence-corrected chi connectivity index (χ0v) is 19.0. The zero-order valence-electron chi connectivity index (χ0n) is 18.2. The van der Waals surface area contributed by atoms with Crippen LogP contribution in [0.3, 0.4) is 0 Å². The van der Waals surface area contributed by atoms with Crippen LogP contribution in [-0.2, 0) is 26.2 Å². The Hall–Kier alpha value is -4.03. The third-order valence-corrected chi connectivity index (χ3v) is 5.90. The second-order valence-corrected chi connectivity index (χ2v) is 8.40. The summed E-state index contributed by atoms with van der Waals surface area (Å²) in [6.07, 6.45) is 5.35. The number of nitrogens with one attached hydrogen (secondary N) is 1. The molecule has 10 nitrogen and oxygen atoms in total. The lowest BCUT2D eigenvalue weighted by Gasteiger charge is -2.12. The minimum absolute atomic E-state index is 0.0242. The van der Waals surface area contributed by atoms with E-state index in [1.54, 1.807) is 19.2 Å². The van der Waals surface area contributed by atoms with Crippen molar-refractivity contribution in [3.8, 4) is 17.0 Å². The number of nitrogens with zero attached hydrogens (tertiary/aromatic N) is 2. The fourth-order valence-corrected chi connectivity index (χ4v) is 4.17. The number of halogens is 1. The predicted molar refractivity (Wildman–Crippen MR) is 120 cm³/mol. The van der Waals surface area contributed by atoms with Gasteiger partial charge in [-0.2, -0.15) is 0 Å². The maximum absolute atomic E-state index is 14.8. The molecule has 3 rings (SSSR count). The summed E-state index contributed by atoms with van der Waals surface area (Å²) < 4.78 is 47.0. The van der Waals surface area contributed by atoms with Crippen molar-refractivity contribution in [2.45, 2.75) is 11.4 Å². The molecule has 2 heterocycles. The summed E-state index contributed by atoms with van der Waals surface area (Å²) in [5, 5.41) is 18.6. The van der Waals surface area contributed by atoms with Gasteiger partial charge in [-0.1, -0.05) is 6.07 Å². The van der Waals surface area contributed by atoms with Crippen LogP contribution in [0.15, 0.2) is 72.0 Å². The van der Waals surface area contributed by atoms with Crippen LogP contribution in [0.2, 0.25) is 0 Å². The largest absolute Gasteiger partial charge is 0.494 e. The van der Waals surface area contributed by atoms with Gasteiger partial charge in [0.25, 0.3) is 10.0 Å². The molecule has 1 aromatic carbocycles. The summed E-state index contributed by atoms with van der Waals surface area (Å²) >= 11 is 0. The van der Waals surface area contributed by atoms with Crippen LogP contribution >= 0.6 is 0 Å². The van der Waals surface area contributed by atoms with Crippen molar-refractivity contribution in [3.05, 3.63) is 78.5 Å². The second-order valence-electron chi connectivity index (χ2n) is 6.59. The van der Waals surface area contributed by atoms with Crippen molar-refractivity contribution in [3.63, 3.8) is 0 Å². The minimum Gasteiger partial charge on any atom is -0.494 e. The third-order valence-electron chi connectivity index (χ3n) is 4.24. The van der Waals surface area contributed by atoms with Gasteiger partial charge in [0.1, 0.15) is 4.90 Å². The van der Waals surface area contributed by atoms with Crippen LogP contribution in [0.5, 0.6) is 5.75 Å². The molecule has 3 N–H and O–H groups in total. The molecule has 34 heavy (non-hydrogen) atoms. The van der Waals surface area contributed by atoms with Gasteiger partial charge >= 0.3 is 11.9 Å². The molecule has 0 aliphatic carbocycles. The quantitative estimate of drug-likeness (QED) is 0.404. The molecule has 3 aromatic rings. The Morgan fingerprint density at radius 3 is 2.38 bits per heavy atom. The van der Waals surface area contributed by atoms with E-state index in [0.717, 1.165) is 3.97 Å². The summed E-state index contributed by atoms with van der Waals surface area (Å²) in [7, 11) is -0.823. The topological polar surface area (TPSA) is 148 Å². The lowest BCUT2D eigenvalue weighted by molar-refractivity contribution is -0.134. The molecular formula is C22H22FN3O7S. The van der Waals surface area contributed by atoms with Crippen molar-refractivity contribution in [2.24, 2.45) is 0 Å². The number of aromatic nitrogens is 2. The first-order valence-electron chi connectivity index (χ1n) is 9.60. The maximum Gasteiger partial charge on any atom is 0.328 e. The number of benzene rings is 1. The molecule has 0 bridgehead atoms. The highest BCUT2D eigenvalue weighted by molar-refractivity contribution is 7.90. The van der Waals surface area contributed by atoms with Crippen molar-refractivity contribution in [1.82, 2.24) is 14.3 Å². The van der Waals surface area contributed by atoms with E-state index in [-0.39, 0.29) is 21.9 Å². The summed E-state index contributed by atoms with van der Waals surface area (Å²) in [6, 6.07) is 9.25. The molecule has 0 amide bonds. The van der Waals surface area contributed by atoms with E-state index in [0.29, 0.717) is 24.3 Å². The average molecular weight is 491 g/mol. The molecule has 0 saturated carbocycles. The standard InChI is InChI=1S/C18H18FN3O3S.C4H4O4/c1-20-10-13-9-16(15-6-3-7-17(25-2)18(15)19)22(12-13)26(23,24)14-5-4-8-21-11-14;5-3(6)1-2-4(7)8/h3-9,11-12,20H,10H2,1-2H3;1-2H,(H,5,6)(H,7,8)/b;2-1+. The van der Waals surface area contributed by atoms with E-state index < -0.39 is 27.8 Å². The minimum atomic E-state index is -3.93. The van der Waals surface area contributed by atoms with Gasteiger partial charge in [0, 0.05) is 42.9 Å². The van der Waals surface area contributed by atoms with E-state index in [9.17, 15) is 22.4 Å². The lowest BCUT2D eigenvalue weighted by atomic mass is 10.1. The van der Waals surface area contributed by atoms with Crippen molar-refractivity contribution in [1.29, 1.82) is 0 Å². The van der Waals surface area contributed by atoms with Crippen LogP contribution in [0.1, 0.15) is 5.56 Å². The number of hydrogen-bond donors (Lipinski definition) is 3. The number of aliphatic carboxylic acids is 2. The van der Waals surface area contributed by atoms with E-state index in [1.807, 2.05) is 0 Å². The van der Waals surface area contributed by atoms with Crippen LogP contribution in [0, 0.1) is 5.82 Å². The Morgan fingerprint density at radius 1 is 1.18 bits per heavy atom. The number of ether oxygens (including phenoxy) is 1. The third kappa shape index (κ3) is 6.49. The van der Waals surface area contributed by atoms with Gasteiger partial charge < -0.3 is 20.3 Å². The molecule has 0 saturated heterocycles. The Labute approximate surface area is 195 Å². The van der Waals surface area contributed by atoms with Gasteiger partial charge in [-0.05, 0) is 42.9 Å². The fourth-order valence-electron chi connectivity index (χ4n) is 2.81. The first-order chi connectivity index (χ1) is 16.1. The molecule has 2 aromatic heterocycles. The first kappa shape index (κ1) is 26.2. The number of hydrogen-bond acceptors (Lipinski definition) is 7. The molecular weight excluding hydrogens is 469 g/mol. The monoisotopic (exact) mass is 491 g/mol. The predicted octanol–water partition coefficient (Wildman–Crippen LogP) is 2.37. The number of rotatable bonds is 8. The zero-order chi connectivity index (χ0) is 25.3. The first-order valence-corrected chi connectivity index (χ1v) is 11.0. The van der Waals surface area contributed by atoms with Gasteiger partial charge in [-0.3, -0.25) is 4.98 Å². The second kappa shape index (κ2) is 11.7.